The van der Waals surface area contributed by atoms with Crippen molar-refractivity contribution in [3.63, 3.8) is 0 Å². The van der Waals surface area contributed by atoms with Crippen LogP contribution in [0.4, 0.5) is 5.69 Å². The highest BCUT2D eigenvalue weighted by atomic mass is 32.2. The monoisotopic (exact) mass is 376 g/mol. The van der Waals surface area contributed by atoms with Crippen LogP contribution in [0.25, 0.3) is 0 Å². The van der Waals surface area contributed by atoms with Gasteiger partial charge in [-0.3, -0.25) is 9.48 Å². The van der Waals surface area contributed by atoms with Gasteiger partial charge in [0.15, 0.2) is 0 Å². The van der Waals surface area contributed by atoms with Gasteiger partial charge in [0.05, 0.1) is 22.7 Å². The van der Waals surface area contributed by atoms with E-state index in [0.717, 1.165) is 18.5 Å². The Hall–Kier alpha value is -2.19. The average Bonchev–Trinajstić information content (AvgIpc) is 3.25. The van der Waals surface area contributed by atoms with Crippen LogP contribution in [0, 0.1) is 13.8 Å². The normalized spacial score (nSPS) is 15.3. The number of benzene rings is 1. The smallest absolute Gasteiger partial charge is 0.259 e. The molecule has 140 valence electrons. The highest BCUT2D eigenvalue weighted by Crippen LogP contribution is 2.31. The van der Waals surface area contributed by atoms with E-state index in [0.29, 0.717) is 22.9 Å². The molecule has 1 fully saturated rings. The number of nitrogens with zero attached hydrogens (tertiary/aromatic N) is 2. The highest BCUT2D eigenvalue weighted by molar-refractivity contribution is 7.89. The maximum Gasteiger partial charge on any atom is 0.259 e. The molecule has 0 unspecified atom stereocenters. The number of carbonyl (C=O) groups is 1. The molecule has 0 spiro atoms. The summed E-state index contributed by atoms with van der Waals surface area (Å²) in [5, 5.41) is 7.23. The first-order chi connectivity index (χ1) is 12.3. The zero-order chi connectivity index (χ0) is 18.9. The molecule has 0 radical (unpaired) electrons. The van der Waals surface area contributed by atoms with E-state index in [4.69, 9.17) is 0 Å². The third kappa shape index (κ3) is 3.39. The fourth-order valence-electron chi connectivity index (χ4n) is 3.50. The second kappa shape index (κ2) is 7.20. The standard InChI is InChI=1S/C18H24N4O3S/c1-12-16(9-6-10-17(12)26(24,25)19-3)21-18(23)15-11-20-22(13(15)2)14-7-4-5-8-14/h6,9-11,14,19H,4-5,7-8H2,1-3H3,(H,21,23). The number of sulfonamides is 1. The molecule has 1 saturated carbocycles. The predicted octanol–water partition coefficient (Wildman–Crippen LogP) is 2.78. The average molecular weight is 376 g/mol. The Balaban J connectivity index is 1.86. The summed E-state index contributed by atoms with van der Waals surface area (Å²) >= 11 is 0. The van der Waals surface area contributed by atoms with Gasteiger partial charge in [0, 0.05) is 11.4 Å². The van der Waals surface area contributed by atoms with Gasteiger partial charge in [0.1, 0.15) is 0 Å². The van der Waals surface area contributed by atoms with Gasteiger partial charge < -0.3 is 5.32 Å². The molecule has 8 heteroatoms. The SMILES string of the molecule is CNS(=O)(=O)c1cccc(NC(=O)c2cnn(C3CCCC3)c2C)c1C. The van der Waals surface area contributed by atoms with Crippen LogP contribution in [0.2, 0.25) is 0 Å². The lowest BCUT2D eigenvalue weighted by molar-refractivity contribution is 0.102. The molecule has 7 nitrogen and oxygen atoms in total. The van der Waals surface area contributed by atoms with Crippen molar-refractivity contribution in [2.75, 3.05) is 12.4 Å². The van der Waals surface area contributed by atoms with Crippen LogP contribution in [-0.4, -0.2) is 31.2 Å². The van der Waals surface area contributed by atoms with Crippen molar-refractivity contribution in [3.05, 3.63) is 41.2 Å². The third-order valence-corrected chi connectivity index (χ3v) is 6.61. The quantitative estimate of drug-likeness (QED) is 0.839. The molecular weight excluding hydrogens is 352 g/mol. The molecule has 1 heterocycles. The van der Waals surface area contributed by atoms with Gasteiger partial charge in [-0.1, -0.05) is 18.9 Å². The van der Waals surface area contributed by atoms with Crippen molar-refractivity contribution in [1.82, 2.24) is 14.5 Å². The third-order valence-electron chi connectivity index (χ3n) is 5.05. The van der Waals surface area contributed by atoms with E-state index < -0.39 is 10.0 Å². The van der Waals surface area contributed by atoms with E-state index in [9.17, 15) is 13.2 Å². The van der Waals surface area contributed by atoms with E-state index in [-0.39, 0.29) is 10.8 Å². The minimum atomic E-state index is -3.58. The van der Waals surface area contributed by atoms with E-state index in [2.05, 4.69) is 15.1 Å². The largest absolute Gasteiger partial charge is 0.322 e. The van der Waals surface area contributed by atoms with E-state index in [1.165, 1.54) is 26.0 Å². The molecule has 0 atom stereocenters. The van der Waals surface area contributed by atoms with Crippen LogP contribution in [-0.2, 0) is 10.0 Å². The lowest BCUT2D eigenvalue weighted by Crippen LogP contribution is -2.21. The summed E-state index contributed by atoms with van der Waals surface area (Å²) in [6, 6.07) is 5.18. The van der Waals surface area contributed by atoms with Crippen molar-refractivity contribution in [1.29, 1.82) is 0 Å². The maximum absolute atomic E-state index is 12.7. The summed E-state index contributed by atoms with van der Waals surface area (Å²) in [5.41, 5.74) is 2.32. The zero-order valence-corrected chi connectivity index (χ0v) is 16.1. The Morgan fingerprint density at radius 2 is 1.92 bits per heavy atom. The van der Waals surface area contributed by atoms with Crippen molar-refractivity contribution in [3.8, 4) is 0 Å². The van der Waals surface area contributed by atoms with E-state index in [1.807, 2.05) is 11.6 Å². The van der Waals surface area contributed by atoms with E-state index >= 15 is 0 Å². The first kappa shape index (κ1) is 18.6. The summed E-state index contributed by atoms with van der Waals surface area (Å²) in [6.45, 7) is 3.57. The van der Waals surface area contributed by atoms with Gasteiger partial charge in [0.25, 0.3) is 5.91 Å². The number of aromatic nitrogens is 2. The Labute approximate surface area is 153 Å². The molecule has 0 aliphatic heterocycles. The summed E-state index contributed by atoms with van der Waals surface area (Å²) < 4.78 is 28.4. The highest BCUT2D eigenvalue weighted by Gasteiger charge is 2.23. The topological polar surface area (TPSA) is 93.1 Å². The van der Waals surface area contributed by atoms with Crippen molar-refractivity contribution < 1.29 is 13.2 Å². The molecule has 1 amide bonds. The number of carbonyl (C=O) groups excluding carboxylic acids is 1. The summed E-state index contributed by atoms with van der Waals surface area (Å²) in [7, 11) is -2.22. The molecule has 0 saturated heterocycles. The number of rotatable bonds is 5. The second-order valence-electron chi connectivity index (χ2n) is 6.62. The van der Waals surface area contributed by atoms with Crippen molar-refractivity contribution in [2.24, 2.45) is 0 Å². The van der Waals surface area contributed by atoms with Crippen LogP contribution in [0.15, 0.2) is 29.3 Å². The van der Waals surface area contributed by atoms with Crippen molar-refractivity contribution in [2.45, 2.75) is 50.5 Å². The fraction of sp³-hybridized carbons (Fsp3) is 0.444. The summed E-state index contributed by atoms with van der Waals surface area (Å²) in [6.07, 6.45) is 6.15. The van der Waals surface area contributed by atoms with Gasteiger partial charge in [-0.25, -0.2) is 13.1 Å². The van der Waals surface area contributed by atoms with Gasteiger partial charge >= 0.3 is 0 Å². The van der Waals surface area contributed by atoms with Crippen LogP contribution >= 0.6 is 0 Å². The predicted molar refractivity (Wildman–Crippen MR) is 99.8 cm³/mol. The fourth-order valence-corrected chi connectivity index (χ4v) is 4.49. The molecular formula is C18H24N4O3S. The number of amides is 1. The Morgan fingerprint density at radius 1 is 1.23 bits per heavy atom. The Kier molecular flexibility index (Phi) is 5.15. The zero-order valence-electron chi connectivity index (χ0n) is 15.2. The first-order valence-corrected chi connectivity index (χ1v) is 10.2. The van der Waals surface area contributed by atoms with Gasteiger partial charge in [0.2, 0.25) is 10.0 Å². The van der Waals surface area contributed by atoms with Crippen LogP contribution in [0.5, 0.6) is 0 Å². The molecule has 3 rings (SSSR count). The molecule has 1 aromatic carbocycles. The molecule has 1 aliphatic rings. The molecule has 0 bridgehead atoms. The number of hydrogen-bond acceptors (Lipinski definition) is 4. The number of anilines is 1. The van der Waals surface area contributed by atoms with Gasteiger partial charge in [-0.15, -0.1) is 0 Å². The number of hydrogen-bond donors (Lipinski definition) is 2. The molecule has 2 N–H and O–H groups in total. The lowest BCUT2D eigenvalue weighted by Gasteiger charge is -2.14. The molecule has 1 aromatic heterocycles. The Morgan fingerprint density at radius 3 is 2.58 bits per heavy atom. The van der Waals surface area contributed by atoms with Crippen molar-refractivity contribution >= 4 is 21.6 Å². The minimum Gasteiger partial charge on any atom is -0.322 e. The number of nitrogens with one attached hydrogen (secondary N) is 2. The van der Waals surface area contributed by atoms with Crippen LogP contribution in [0.1, 0.15) is 53.3 Å². The molecule has 2 aromatic rings. The summed E-state index contributed by atoms with van der Waals surface area (Å²) in [5.74, 6) is -0.283. The van der Waals surface area contributed by atoms with E-state index in [1.54, 1.807) is 25.3 Å². The second-order valence-corrected chi connectivity index (χ2v) is 8.47. The van der Waals surface area contributed by atoms with Crippen LogP contribution in [0.3, 0.4) is 0 Å². The first-order valence-electron chi connectivity index (χ1n) is 8.73. The minimum absolute atomic E-state index is 0.149. The molecule has 26 heavy (non-hydrogen) atoms. The van der Waals surface area contributed by atoms with Crippen LogP contribution < -0.4 is 10.0 Å². The summed E-state index contributed by atoms with van der Waals surface area (Å²) in [4.78, 5) is 12.9. The van der Waals surface area contributed by atoms with Gasteiger partial charge in [-0.05, 0) is 51.4 Å². The Bertz CT molecular complexity index is 928. The molecule has 1 aliphatic carbocycles. The maximum atomic E-state index is 12.7. The van der Waals surface area contributed by atoms with Gasteiger partial charge in [-0.2, -0.15) is 5.10 Å². The lowest BCUT2D eigenvalue weighted by atomic mass is 10.1.